The Labute approximate surface area is 145 Å². The molecule has 0 aliphatic carbocycles. The predicted molar refractivity (Wildman–Crippen MR) is 92.9 cm³/mol. The number of ether oxygens (including phenoxy) is 2. The number of carbonyl (C=O) groups is 1. The van der Waals surface area contributed by atoms with Gasteiger partial charge in [-0.15, -0.1) is 0 Å². The maximum absolute atomic E-state index is 12.2. The van der Waals surface area contributed by atoms with Crippen LogP contribution in [0.5, 0.6) is 11.5 Å². The summed E-state index contributed by atoms with van der Waals surface area (Å²) >= 11 is 0. The van der Waals surface area contributed by atoms with Crippen LogP contribution in [0.4, 0.5) is 5.69 Å². The highest BCUT2D eigenvalue weighted by atomic mass is 16.7. The second kappa shape index (κ2) is 7.41. The summed E-state index contributed by atoms with van der Waals surface area (Å²) in [4.78, 5) is 12.2. The molecule has 6 heteroatoms. The van der Waals surface area contributed by atoms with Gasteiger partial charge in [-0.25, -0.2) is 0 Å². The zero-order valence-electron chi connectivity index (χ0n) is 13.7. The van der Waals surface area contributed by atoms with Crippen molar-refractivity contribution in [3.8, 4) is 17.6 Å². The maximum Gasteiger partial charge on any atom is 0.263 e. The molecule has 3 rings (SSSR count). The minimum Gasteiger partial charge on any atom is -0.454 e. The summed E-state index contributed by atoms with van der Waals surface area (Å²) < 4.78 is 10.6. The number of nitrogens with zero attached hydrogens (tertiary/aromatic N) is 1. The fraction of sp³-hybridized carbons (Fsp3) is 0.158. The Morgan fingerprint density at radius 1 is 1.24 bits per heavy atom. The van der Waals surface area contributed by atoms with Crippen LogP contribution in [0, 0.1) is 18.3 Å². The molecule has 0 fully saturated rings. The lowest BCUT2D eigenvalue weighted by molar-refractivity contribution is -0.117. The van der Waals surface area contributed by atoms with Gasteiger partial charge in [0.2, 0.25) is 6.79 Å². The van der Waals surface area contributed by atoms with Gasteiger partial charge in [-0.1, -0.05) is 18.2 Å². The number of aryl methyl sites for hydroxylation is 1. The van der Waals surface area contributed by atoms with Crippen LogP contribution in [0.3, 0.4) is 0 Å². The van der Waals surface area contributed by atoms with E-state index in [0.29, 0.717) is 18.0 Å². The van der Waals surface area contributed by atoms with Gasteiger partial charge in [0.15, 0.2) is 11.5 Å². The molecule has 0 radical (unpaired) electrons. The standard InChI is InChI=1S/C19H17N3O3/c1-13-3-2-4-16(7-13)21-11-15(9-20)19(23)22-10-14-5-6-17-18(8-14)25-12-24-17/h2-8,11,21H,10,12H2,1H3,(H,22,23)/b15-11-. The number of fused-ring (bicyclic) bond motifs is 1. The van der Waals surface area contributed by atoms with Crippen molar-refractivity contribution in [1.29, 1.82) is 5.26 Å². The van der Waals surface area contributed by atoms with E-state index >= 15 is 0 Å². The van der Waals surface area contributed by atoms with Crippen molar-refractivity contribution in [1.82, 2.24) is 5.32 Å². The van der Waals surface area contributed by atoms with Gasteiger partial charge >= 0.3 is 0 Å². The Bertz CT molecular complexity index is 868. The molecule has 0 aromatic heterocycles. The zero-order valence-corrected chi connectivity index (χ0v) is 13.7. The van der Waals surface area contributed by atoms with Gasteiger partial charge in [0.1, 0.15) is 11.6 Å². The first-order chi connectivity index (χ1) is 12.2. The van der Waals surface area contributed by atoms with E-state index in [0.717, 1.165) is 16.8 Å². The number of rotatable bonds is 5. The Hall–Kier alpha value is -3.46. The van der Waals surface area contributed by atoms with Gasteiger partial charge in [-0.2, -0.15) is 5.26 Å². The van der Waals surface area contributed by atoms with Crippen molar-refractivity contribution >= 4 is 11.6 Å². The molecule has 0 spiro atoms. The summed E-state index contributed by atoms with van der Waals surface area (Å²) in [5.74, 6) is 0.902. The highest BCUT2D eigenvalue weighted by molar-refractivity contribution is 5.97. The molecule has 1 heterocycles. The third kappa shape index (κ3) is 4.09. The molecule has 2 N–H and O–H groups in total. The maximum atomic E-state index is 12.2. The summed E-state index contributed by atoms with van der Waals surface area (Å²) in [7, 11) is 0. The second-order valence-corrected chi connectivity index (χ2v) is 5.55. The van der Waals surface area contributed by atoms with Crippen molar-refractivity contribution in [2.45, 2.75) is 13.5 Å². The molecular formula is C19H17N3O3. The van der Waals surface area contributed by atoms with Crippen LogP contribution >= 0.6 is 0 Å². The van der Waals surface area contributed by atoms with E-state index in [1.54, 1.807) is 6.07 Å². The van der Waals surface area contributed by atoms with Gasteiger partial charge in [-0.05, 0) is 42.3 Å². The number of hydrogen-bond acceptors (Lipinski definition) is 5. The van der Waals surface area contributed by atoms with Gasteiger partial charge in [0, 0.05) is 18.4 Å². The van der Waals surface area contributed by atoms with E-state index in [9.17, 15) is 10.1 Å². The number of nitriles is 1. The van der Waals surface area contributed by atoms with Gasteiger partial charge in [0.05, 0.1) is 0 Å². The number of benzene rings is 2. The van der Waals surface area contributed by atoms with Gasteiger partial charge in [-0.3, -0.25) is 4.79 Å². The predicted octanol–water partition coefficient (Wildman–Crippen LogP) is 2.86. The third-order valence-electron chi connectivity index (χ3n) is 3.66. The first-order valence-electron chi connectivity index (χ1n) is 7.76. The van der Waals surface area contributed by atoms with E-state index in [1.807, 2.05) is 49.4 Å². The van der Waals surface area contributed by atoms with Crippen molar-refractivity contribution in [2.75, 3.05) is 12.1 Å². The van der Waals surface area contributed by atoms with Crippen molar-refractivity contribution in [3.63, 3.8) is 0 Å². The highest BCUT2D eigenvalue weighted by Crippen LogP contribution is 2.32. The van der Waals surface area contributed by atoms with Crippen LogP contribution < -0.4 is 20.1 Å². The molecule has 0 unspecified atom stereocenters. The Morgan fingerprint density at radius 3 is 2.88 bits per heavy atom. The summed E-state index contributed by atoms with van der Waals surface area (Å²) in [6.07, 6.45) is 1.41. The summed E-state index contributed by atoms with van der Waals surface area (Å²) in [6.45, 7) is 2.47. The largest absolute Gasteiger partial charge is 0.454 e. The molecule has 0 saturated heterocycles. The van der Waals surface area contributed by atoms with Crippen LogP contribution in [0.15, 0.2) is 54.2 Å². The van der Waals surface area contributed by atoms with Crippen LogP contribution in [-0.2, 0) is 11.3 Å². The second-order valence-electron chi connectivity index (χ2n) is 5.55. The first kappa shape index (κ1) is 16.4. The number of anilines is 1. The number of nitrogens with one attached hydrogen (secondary N) is 2. The van der Waals surface area contributed by atoms with Crippen molar-refractivity contribution < 1.29 is 14.3 Å². The summed E-state index contributed by atoms with van der Waals surface area (Å²) in [5, 5.41) is 14.9. The van der Waals surface area contributed by atoms with E-state index in [-0.39, 0.29) is 12.4 Å². The lowest BCUT2D eigenvalue weighted by Gasteiger charge is -2.06. The molecule has 1 amide bonds. The van der Waals surface area contributed by atoms with Crippen LogP contribution in [0.1, 0.15) is 11.1 Å². The average Bonchev–Trinajstić information content (AvgIpc) is 3.08. The molecular weight excluding hydrogens is 318 g/mol. The average molecular weight is 335 g/mol. The molecule has 25 heavy (non-hydrogen) atoms. The van der Waals surface area contributed by atoms with E-state index in [1.165, 1.54) is 6.20 Å². The lowest BCUT2D eigenvalue weighted by Crippen LogP contribution is -2.24. The zero-order chi connectivity index (χ0) is 17.6. The minimum atomic E-state index is -0.444. The lowest BCUT2D eigenvalue weighted by atomic mass is 10.2. The van der Waals surface area contributed by atoms with Gasteiger partial charge < -0.3 is 20.1 Å². The normalized spacial score (nSPS) is 12.4. The topological polar surface area (TPSA) is 83.4 Å². The molecule has 2 aromatic carbocycles. The highest BCUT2D eigenvalue weighted by Gasteiger charge is 2.14. The molecule has 6 nitrogen and oxygen atoms in total. The molecule has 126 valence electrons. The molecule has 0 atom stereocenters. The SMILES string of the molecule is Cc1cccc(N/C=C(/C#N)C(=O)NCc2ccc3c(c2)OCO3)c1. The summed E-state index contributed by atoms with van der Waals surface area (Å²) in [5.41, 5.74) is 2.77. The molecule has 1 aliphatic rings. The van der Waals surface area contributed by atoms with Crippen molar-refractivity contribution in [3.05, 3.63) is 65.4 Å². The van der Waals surface area contributed by atoms with Crippen LogP contribution in [0.25, 0.3) is 0 Å². The summed E-state index contributed by atoms with van der Waals surface area (Å²) in [6, 6.07) is 15.0. The van der Waals surface area contributed by atoms with E-state index < -0.39 is 5.91 Å². The third-order valence-corrected chi connectivity index (χ3v) is 3.66. The van der Waals surface area contributed by atoms with Gasteiger partial charge in [0.25, 0.3) is 5.91 Å². The Kier molecular flexibility index (Phi) is 4.86. The van der Waals surface area contributed by atoms with Crippen LogP contribution in [-0.4, -0.2) is 12.7 Å². The Balaban J connectivity index is 1.60. The first-order valence-corrected chi connectivity index (χ1v) is 7.76. The molecule has 0 bridgehead atoms. The fourth-order valence-electron chi connectivity index (χ4n) is 2.37. The van der Waals surface area contributed by atoms with Crippen molar-refractivity contribution in [2.24, 2.45) is 0 Å². The number of amides is 1. The smallest absolute Gasteiger partial charge is 0.263 e. The number of carbonyl (C=O) groups excluding carboxylic acids is 1. The molecule has 1 aliphatic heterocycles. The monoisotopic (exact) mass is 335 g/mol. The van der Waals surface area contributed by atoms with E-state index in [4.69, 9.17) is 9.47 Å². The number of hydrogen-bond donors (Lipinski definition) is 2. The minimum absolute atomic E-state index is 0.00208. The fourth-order valence-corrected chi connectivity index (χ4v) is 2.37. The molecule has 2 aromatic rings. The molecule has 0 saturated carbocycles. The Morgan fingerprint density at radius 2 is 2.08 bits per heavy atom. The van der Waals surface area contributed by atoms with Crippen LogP contribution in [0.2, 0.25) is 0 Å². The quantitative estimate of drug-likeness (QED) is 0.648. The van der Waals surface area contributed by atoms with E-state index in [2.05, 4.69) is 10.6 Å².